The van der Waals surface area contributed by atoms with E-state index in [-0.39, 0.29) is 5.92 Å². The average Bonchev–Trinajstić information content (AvgIpc) is 2.67. The van der Waals surface area contributed by atoms with E-state index < -0.39 is 11.9 Å². The van der Waals surface area contributed by atoms with E-state index in [2.05, 4.69) is 31.2 Å². The van der Waals surface area contributed by atoms with E-state index in [1.54, 1.807) is 12.4 Å². The van der Waals surface area contributed by atoms with Crippen LogP contribution in [0.5, 0.6) is 0 Å². The Morgan fingerprint density at radius 2 is 2.13 bits per heavy atom. The number of halogens is 1. The first-order chi connectivity index (χ1) is 7.18. The highest BCUT2D eigenvalue weighted by molar-refractivity contribution is 9.10. The molecule has 2 N–H and O–H groups in total. The molecule has 1 aliphatic rings. The molecule has 1 aromatic rings. The van der Waals surface area contributed by atoms with Gasteiger partial charge in [0.25, 0.3) is 0 Å². The van der Waals surface area contributed by atoms with Crippen LogP contribution in [0.3, 0.4) is 0 Å². The molecule has 2 rings (SSSR count). The maximum absolute atomic E-state index is 10.9. The van der Waals surface area contributed by atoms with Crippen LogP contribution >= 0.6 is 15.9 Å². The highest BCUT2D eigenvalue weighted by Gasteiger charge is 2.35. The summed E-state index contributed by atoms with van der Waals surface area (Å²) in [6, 6.07) is 0. The highest BCUT2D eigenvalue weighted by atomic mass is 79.9. The first-order valence-electron chi connectivity index (χ1n) is 4.59. The summed E-state index contributed by atoms with van der Waals surface area (Å²) in [6.07, 6.45) is 3.28. The molecule has 0 amide bonds. The van der Waals surface area contributed by atoms with Gasteiger partial charge in [-0.2, -0.15) is 0 Å². The number of carboxylic acid groups (broad SMARTS) is 1. The molecule has 2 unspecified atom stereocenters. The van der Waals surface area contributed by atoms with E-state index in [4.69, 9.17) is 5.11 Å². The third-order valence-electron chi connectivity index (χ3n) is 2.50. The zero-order valence-electron chi connectivity index (χ0n) is 7.85. The molecule has 0 aliphatic carbocycles. The van der Waals surface area contributed by atoms with Crippen LogP contribution in [0.4, 0.5) is 0 Å². The standard InChI is InChI=1S/C9H10BrN3O2/c10-5-1-12-8(13-2-5)6-3-11-4-7(6)9(14)15/h1-2,6-7,11H,3-4H2,(H,14,15). The third-order valence-corrected chi connectivity index (χ3v) is 2.91. The summed E-state index contributed by atoms with van der Waals surface area (Å²) in [7, 11) is 0. The Balaban J connectivity index is 2.22. The Labute approximate surface area is 95.1 Å². The van der Waals surface area contributed by atoms with Crippen molar-refractivity contribution >= 4 is 21.9 Å². The maximum atomic E-state index is 10.9. The third kappa shape index (κ3) is 2.15. The lowest BCUT2D eigenvalue weighted by Crippen LogP contribution is -2.22. The molecule has 80 valence electrons. The van der Waals surface area contributed by atoms with Gasteiger partial charge in [-0.25, -0.2) is 9.97 Å². The van der Waals surface area contributed by atoms with Crippen molar-refractivity contribution in [3.63, 3.8) is 0 Å². The van der Waals surface area contributed by atoms with Crippen LogP contribution in [0.25, 0.3) is 0 Å². The van der Waals surface area contributed by atoms with Gasteiger partial charge in [0, 0.05) is 31.4 Å². The smallest absolute Gasteiger partial charge is 0.308 e. The normalized spacial score (nSPS) is 25.4. The summed E-state index contributed by atoms with van der Waals surface area (Å²) >= 11 is 3.24. The number of carbonyl (C=O) groups is 1. The van der Waals surface area contributed by atoms with Crippen LogP contribution in [0.2, 0.25) is 0 Å². The predicted molar refractivity (Wildman–Crippen MR) is 56.5 cm³/mol. The molecule has 1 aliphatic heterocycles. The summed E-state index contributed by atoms with van der Waals surface area (Å²) in [4.78, 5) is 19.2. The zero-order chi connectivity index (χ0) is 10.8. The quantitative estimate of drug-likeness (QED) is 0.825. The highest BCUT2D eigenvalue weighted by Crippen LogP contribution is 2.25. The minimum absolute atomic E-state index is 0.129. The summed E-state index contributed by atoms with van der Waals surface area (Å²) in [5.41, 5.74) is 0. The largest absolute Gasteiger partial charge is 0.481 e. The van der Waals surface area contributed by atoms with Crippen molar-refractivity contribution in [2.75, 3.05) is 13.1 Å². The summed E-state index contributed by atoms with van der Waals surface area (Å²) in [6.45, 7) is 1.11. The van der Waals surface area contributed by atoms with Crippen molar-refractivity contribution in [1.29, 1.82) is 0 Å². The molecular weight excluding hydrogens is 262 g/mol. The van der Waals surface area contributed by atoms with Crippen LogP contribution < -0.4 is 5.32 Å². The lowest BCUT2D eigenvalue weighted by Gasteiger charge is -2.12. The van der Waals surface area contributed by atoms with E-state index in [1.807, 2.05) is 0 Å². The Morgan fingerprint density at radius 1 is 1.47 bits per heavy atom. The van der Waals surface area contributed by atoms with Crippen molar-refractivity contribution in [3.05, 3.63) is 22.7 Å². The van der Waals surface area contributed by atoms with Crippen molar-refractivity contribution < 1.29 is 9.90 Å². The fourth-order valence-corrected chi connectivity index (χ4v) is 1.93. The molecule has 2 heterocycles. The second kappa shape index (κ2) is 4.24. The first-order valence-corrected chi connectivity index (χ1v) is 5.38. The van der Waals surface area contributed by atoms with Gasteiger partial charge in [0.15, 0.2) is 0 Å². The van der Waals surface area contributed by atoms with E-state index in [9.17, 15) is 4.79 Å². The SMILES string of the molecule is O=C(O)C1CNCC1c1ncc(Br)cn1. The molecule has 0 bridgehead atoms. The number of nitrogens with one attached hydrogen (secondary N) is 1. The summed E-state index contributed by atoms with van der Waals surface area (Å²) < 4.78 is 0.795. The molecule has 0 aromatic carbocycles. The summed E-state index contributed by atoms with van der Waals surface area (Å²) in [5.74, 6) is -0.756. The molecule has 1 fully saturated rings. The van der Waals surface area contributed by atoms with Gasteiger partial charge in [0.1, 0.15) is 5.82 Å². The van der Waals surface area contributed by atoms with Crippen molar-refractivity contribution in [1.82, 2.24) is 15.3 Å². The van der Waals surface area contributed by atoms with Gasteiger partial charge < -0.3 is 10.4 Å². The molecule has 1 aromatic heterocycles. The van der Waals surface area contributed by atoms with Crippen LogP contribution in [0, 0.1) is 5.92 Å². The number of aliphatic carboxylic acids is 1. The second-order valence-corrected chi connectivity index (χ2v) is 4.38. The maximum Gasteiger partial charge on any atom is 0.308 e. The van der Waals surface area contributed by atoms with Gasteiger partial charge in [-0.3, -0.25) is 4.79 Å². The molecule has 0 spiro atoms. The Kier molecular flexibility index (Phi) is 2.97. The topological polar surface area (TPSA) is 75.1 Å². The number of aromatic nitrogens is 2. The van der Waals surface area contributed by atoms with E-state index in [0.717, 1.165) is 4.47 Å². The molecule has 2 atom stereocenters. The van der Waals surface area contributed by atoms with Crippen molar-refractivity contribution in [2.45, 2.75) is 5.92 Å². The molecule has 6 heteroatoms. The molecular formula is C9H10BrN3O2. The Hall–Kier alpha value is -1.01. The van der Waals surface area contributed by atoms with E-state index in [1.165, 1.54) is 0 Å². The van der Waals surface area contributed by atoms with Crippen LogP contribution in [-0.4, -0.2) is 34.1 Å². The van der Waals surface area contributed by atoms with Gasteiger partial charge in [-0.15, -0.1) is 0 Å². The fraction of sp³-hybridized carbons (Fsp3) is 0.444. The van der Waals surface area contributed by atoms with Crippen LogP contribution in [0.15, 0.2) is 16.9 Å². The molecule has 1 saturated heterocycles. The molecule has 0 radical (unpaired) electrons. The molecule has 0 saturated carbocycles. The monoisotopic (exact) mass is 271 g/mol. The summed E-state index contributed by atoms with van der Waals surface area (Å²) in [5, 5.41) is 12.0. The second-order valence-electron chi connectivity index (χ2n) is 3.47. The first kappa shape index (κ1) is 10.5. The van der Waals surface area contributed by atoms with Gasteiger partial charge in [0.2, 0.25) is 0 Å². The Bertz CT molecular complexity index is 368. The number of hydrogen-bond donors (Lipinski definition) is 2. The predicted octanol–water partition coefficient (Wildman–Crippen LogP) is 0.627. The average molecular weight is 272 g/mol. The van der Waals surface area contributed by atoms with E-state index >= 15 is 0 Å². The van der Waals surface area contributed by atoms with E-state index in [0.29, 0.717) is 18.9 Å². The van der Waals surface area contributed by atoms with Gasteiger partial charge in [0.05, 0.1) is 10.4 Å². The van der Waals surface area contributed by atoms with Crippen LogP contribution in [-0.2, 0) is 4.79 Å². The van der Waals surface area contributed by atoms with Gasteiger partial charge in [-0.1, -0.05) is 0 Å². The lowest BCUT2D eigenvalue weighted by atomic mass is 9.95. The zero-order valence-corrected chi connectivity index (χ0v) is 9.44. The van der Waals surface area contributed by atoms with Crippen LogP contribution in [0.1, 0.15) is 11.7 Å². The fourth-order valence-electron chi connectivity index (χ4n) is 1.72. The molecule has 5 nitrogen and oxygen atoms in total. The van der Waals surface area contributed by atoms with Gasteiger partial charge >= 0.3 is 5.97 Å². The minimum Gasteiger partial charge on any atom is -0.481 e. The lowest BCUT2D eigenvalue weighted by molar-refractivity contribution is -0.141. The number of hydrogen-bond acceptors (Lipinski definition) is 4. The number of rotatable bonds is 2. The Morgan fingerprint density at radius 3 is 2.73 bits per heavy atom. The minimum atomic E-state index is -0.795. The number of carboxylic acids is 1. The van der Waals surface area contributed by atoms with Crippen molar-refractivity contribution in [3.8, 4) is 0 Å². The van der Waals surface area contributed by atoms with Gasteiger partial charge in [-0.05, 0) is 15.9 Å². The number of nitrogens with zero attached hydrogens (tertiary/aromatic N) is 2. The van der Waals surface area contributed by atoms with Crippen molar-refractivity contribution in [2.24, 2.45) is 5.92 Å². The molecule has 15 heavy (non-hydrogen) atoms.